The Morgan fingerprint density at radius 1 is 0.774 bits per heavy atom. The van der Waals surface area contributed by atoms with Crippen molar-refractivity contribution in [3.63, 3.8) is 0 Å². The van der Waals surface area contributed by atoms with Gasteiger partial charge in [0.15, 0.2) is 0 Å². The fourth-order valence-electron chi connectivity index (χ4n) is 3.87. The molecule has 7 heteroatoms. The summed E-state index contributed by atoms with van der Waals surface area (Å²) in [5, 5.41) is 0. The van der Waals surface area contributed by atoms with E-state index in [1.807, 2.05) is 36.4 Å². The zero-order chi connectivity index (χ0) is 21.8. The first kappa shape index (κ1) is 21.2. The van der Waals surface area contributed by atoms with E-state index >= 15 is 0 Å². The van der Waals surface area contributed by atoms with Gasteiger partial charge in [0.25, 0.3) is 0 Å². The molecule has 7 nitrogen and oxygen atoms in total. The normalized spacial score (nSPS) is 18.1. The molecule has 2 bridgehead atoms. The highest BCUT2D eigenvalue weighted by molar-refractivity contribution is 5.66. The van der Waals surface area contributed by atoms with Crippen molar-refractivity contribution in [1.29, 1.82) is 0 Å². The largest absolute Gasteiger partial charge is 0.466 e. The topological polar surface area (TPSA) is 80.3 Å². The zero-order valence-corrected chi connectivity index (χ0v) is 17.7. The molecule has 31 heavy (non-hydrogen) atoms. The van der Waals surface area contributed by atoms with Gasteiger partial charge in [-0.05, 0) is 48.9 Å². The predicted octanol–water partition coefficient (Wildman–Crippen LogP) is 4.18. The third-order valence-electron chi connectivity index (χ3n) is 5.25. The lowest BCUT2D eigenvalue weighted by molar-refractivity contribution is -0.228. The van der Waals surface area contributed by atoms with Crippen LogP contribution in [0.2, 0.25) is 0 Å². The summed E-state index contributed by atoms with van der Waals surface area (Å²) in [4.78, 5) is 22.0. The van der Waals surface area contributed by atoms with Gasteiger partial charge in [0, 0.05) is 13.8 Å². The number of rotatable bonds is 8. The molecule has 2 atom stereocenters. The lowest BCUT2D eigenvalue weighted by atomic mass is 9.99. The Bertz CT molecular complexity index is 891. The number of carbonyl (C=O) groups excluding carboxylic acids is 2. The molecule has 0 N–H and O–H groups in total. The molecule has 2 heterocycles. The van der Waals surface area contributed by atoms with Crippen molar-refractivity contribution in [2.24, 2.45) is 0 Å². The smallest absolute Gasteiger partial charge is 0.302 e. The van der Waals surface area contributed by atoms with Gasteiger partial charge < -0.3 is 18.9 Å². The summed E-state index contributed by atoms with van der Waals surface area (Å²) in [5.41, 5.74) is 3.77. The summed E-state index contributed by atoms with van der Waals surface area (Å²) in [7, 11) is 0. The van der Waals surface area contributed by atoms with Crippen LogP contribution in [-0.2, 0) is 36.6 Å². The second kappa shape index (κ2) is 9.39. The van der Waals surface area contributed by atoms with Crippen molar-refractivity contribution in [3.8, 4) is 11.5 Å². The fraction of sp³-hybridized carbons (Fsp3) is 0.417. The highest BCUT2D eigenvalue weighted by Crippen LogP contribution is 2.49. The predicted molar refractivity (Wildman–Crippen MR) is 111 cm³/mol. The Labute approximate surface area is 181 Å². The number of carbonyl (C=O) groups is 2. The molecule has 2 unspecified atom stereocenters. The van der Waals surface area contributed by atoms with Crippen molar-refractivity contribution in [1.82, 2.24) is 0 Å². The van der Waals surface area contributed by atoms with Crippen LogP contribution in [0.15, 0.2) is 36.4 Å². The van der Waals surface area contributed by atoms with E-state index in [2.05, 4.69) is 0 Å². The van der Waals surface area contributed by atoms with Gasteiger partial charge in [-0.15, -0.1) is 0 Å². The maximum Gasteiger partial charge on any atom is 0.302 e. The SMILES string of the molecule is CC(=O)OCCCc1cccc2c1OC1OC2Oc2c(CCCOC(C)=O)cccc21. The van der Waals surface area contributed by atoms with Gasteiger partial charge in [-0.25, -0.2) is 0 Å². The number of hydrogen-bond donors (Lipinski definition) is 0. The lowest BCUT2D eigenvalue weighted by Crippen LogP contribution is -2.31. The van der Waals surface area contributed by atoms with E-state index in [-0.39, 0.29) is 11.9 Å². The molecule has 0 saturated heterocycles. The number of fused-ring (bicyclic) bond motifs is 6. The molecule has 0 fully saturated rings. The molecule has 2 aromatic rings. The van der Waals surface area contributed by atoms with Gasteiger partial charge in [0.05, 0.1) is 24.3 Å². The second-order valence-corrected chi connectivity index (χ2v) is 7.59. The van der Waals surface area contributed by atoms with Crippen LogP contribution in [0.3, 0.4) is 0 Å². The molecule has 164 valence electrons. The number of aryl methyl sites for hydroxylation is 2. The van der Waals surface area contributed by atoms with E-state index in [4.69, 9.17) is 23.7 Å². The van der Waals surface area contributed by atoms with Crippen molar-refractivity contribution in [3.05, 3.63) is 58.7 Å². The lowest BCUT2D eigenvalue weighted by Gasteiger charge is -2.39. The Balaban J connectivity index is 1.50. The van der Waals surface area contributed by atoms with Crippen LogP contribution in [-0.4, -0.2) is 25.2 Å². The maximum atomic E-state index is 11.0. The maximum absolute atomic E-state index is 11.0. The minimum absolute atomic E-state index is 0.275. The van der Waals surface area contributed by atoms with Gasteiger partial charge in [-0.3, -0.25) is 14.3 Å². The number of benzene rings is 2. The summed E-state index contributed by atoms with van der Waals surface area (Å²) >= 11 is 0. The second-order valence-electron chi connectivity index (χ2n) is 7.59. The van der Waals surface area contributed by atoms with Crippen LogP contribution < -0.4 is 9.47 Å². The summed E-state index contributed by atoms with van der Waals surface area (Å²) in [6.45, 7) is 3.56. The minimum Gasteiger partial charge on any atom is -0.466 e. The van der Waals surface area contributed by atoms with Crippen molar-refractivity contribution < 1.29 is 33.3 Å². The summed E-state index contributed by atoms with van der Waals surface area (Å²) < 4.78 is 28.6. The highest BCUT2D eigenvalue weighted by atomic mass is 16.8. The van der Waals surface area contributed by atoms with Crippen molar-refractivity contribution in [2.45, 2.75) is 52.1 Å². The molecule has 2 aliphatic rings. The first-order valence-electron chi connectivity index (χ1n) is 10.5. The quantitative estimate of drug-likeness (QED) is 0.463. The summed E-state index contributed by atoms with van der Waals surface area (Å²) in [6.07, 6.45) is 1.75. The molecular formula is C24H26O7. The van der Waals surface area contributed by atoms with E-state index in [0.29, 0.717) is 26.1 Å². The first-order chi connectivity index (χ1) is 15.0. The Hall–Kier alpha value is -3.06. The number of esters is 2. The molecule has 2 aliphatic heterocycles. The highest BCUT2D eigenvalue weighted by Gasteiger charge is 2.39. The van der Waals surface area contributed by atoms with Gasteiger partial charge in [-0.1, -0.05) is 24.3 Å². The van der Waals surface area contributed by atoms with E-state index in [1.165, 1.54) is 13.8 Å². The molecule has 0 spiro atoms. The van der Waals surface area contributed by atoms with E-state index < -0.39 is 12.6 Å². The van der Waals surface area contributed by atoms with Crippen LogP contribution in [0.4, 0.5) is 0 Å². The average molecular weight is 426 g/mol. The van der Waals surface area contributed by atoms with Crippen LogP contribution >= 0.6 is 0 Å². The van der Waals surface area contributed by atoms with Crippen LogP contribution in [0.1, 0.15) is 61.5 Å². The number of ether oxygens (including phenoxy) is 5. The van der Waals surface area contributed by atoms with Crippen LogP contribution in [0, 0.1) is 0 Å². The standard InChI is InChI=1S/C24H26O7/c1-15(25)27-13-5-9-17-7-3-11-19-21(17)29-24-20-12-4-8-18(10-6-14-28-16(2)26)22(20)30-23(19)31-24/h3-4,7-8,11-12,23-24H,5-6,9-10,13-14H2,1-2H3. The minimum atomic E-state index is -0.552. The number of para-hydroxylation sites is 2. The molecule has 0 saturated carbocycles. The van der Waals surface area contributed by atoms with E-state index in [0.717, 1.165) is 46.6 Å². The van der Waals surface area contributed by atoms with Crippen LogP contribution in [0.5, 0.6) is 11.5 Å². The van der Waals surface area contributed by atoms with Gasteiger partial charge in [0.1, 0.15) is 11.5 Å². The van der Waals surface area contributed by atoms with Crippen LogP contribution in [0.25, 0.3) is 0 Å². The average Bonchev–Trinajstić information content (AvgIpc) is 2.74. The number of hydrogen-bond acceptors (Lipinski definition) is 7. The van der Waals surface area contributed by atoms with E-state index in [9.17, 15) is 9.59 Å². The molecule has 0 amide bonds. The first-order valence-corrected chi connectivity index (χ1v) is 10.5. The summed E-state index contributed by atoms with van der Waals surface area (Å²) in [6, 6.07) is 11.8. The fourth-order valence-corrected chi connectivity index (χ4v) is 3.87. The van der Waals surface area contributed by atoms with E-state index in [1.54, 1.807) is 0 Å². The Kier molecular flexibility index (Phi) is 6.42. The zero-order valence-electron chi connectivity index (χ0n) is 17.7. The molecule has 0 aliphatic carbocycles. The molecule has 4 rings (SSSR count). The van der Waals surface area contributed by atoms with Crippen molar-refractivity contribution in [2.75, 3.05) is 13.2 Å². The summed E-state index contributed by atoms with van der Waals surface area (Å²) in [5.74, 6) is 1.00. The van der Waals surface area contributed by atoms with Gasteiger partial charge >= 0.3 is 11.9 Å². The molecule has 2 aromatic carbocycles. The molecule has 0 radical (unpaired) electrons. The molecular weight excluding hydrogens is 400 g/mol. The Morgan fingerprint density at radius 2 is 1.23 bits per heavy atom. The van der Waals surface area contributed by atoms with Crippen molar-refractivity contribution >= 4 is 11.9 Å². The van der Waals surface area contributed by atoms with Gasteiger partial charge in [0.2, 0.25) is 12.6 Å². The third kappa shape index (κ3) is 4.82. The monoisotopic (exact) mass is 426 g/mol. The van der Waals surface area contributed by atoms with Gasteiger partial charge in [-0.2, -0.15) is 0 Å². The Morgan fingerprint density at radius 3 is 1.65 bits per heavy atom. The third-order valence-corrected chi connectivity index (χ3v) is 5.25. The molecule has 0 aromatic heterocycles.